The summed E-state index contributed by atoms with van der Waals surface area (Å²) in [5, 5.41) is 4.90. The second-order valence-corrected chi connectivity index (χ2v) is 9.82. The molecule has 0 amide bonds. The number of methoxy groups -OCH3 is 1. The van der Waals surface area contributed by atoms with Crippen molar-refractivity contribution in [2.75, 3.05) is 20.3 Å². The molecule has 6 rings (SSSR count). The van der Waals surface area contributed by atoms with Gasteiger partial charge in [-0.25, -0.2) is 4.68 Å². The van der Waals surface area contributed by atoms with Crippen LogP contribution in [-0.2, 0) is 11.2 Å². The van der Waals surface area contributed by atoms with Gasteiger partial charge >= 0.3 is 0 Å². The molecule has 4 aromatic rings. The average Bonchev–Trinajstić information content (AvgIpc) is 3.75. The van der Waals surface area contributed by atoms with Crippen LogP contribution in [0, 0.1) is 0 Å². The zero-order valence-electron chi connectivity index (χ0n) is 22.1. The zero-order valence-corrected chi connectivity index (χ0v) is 22.1. The molecule has 0 saturated carbocycles. The molecule has 39 heavy (non-hydrogen) atoms. The van der Waals surface area contributed by atoms with Crippen LogP contribution in [0.3, 0.4) is 0 Å². The number of hydrogen-bond donors (Lipinski definition) is 0. The van der Waals surface area contributed by atoms with Crippen molar-refractivity contribution in [1.82, 2.24) is 9.78 Å². The van der Waals surface area contributed by atoms with E-state index in [0.29, 0.717) is 6.61 Å². The average molecular weight is 517 g/mol. The summed E-state index contributed by atoms with van der Waals surface area (Å²) in [6.07, 6.45) is 16.1. The van der Waals surface area contributed by atoms with Gasteiger partial charge in [0.1, 0.15) is 18.1 Å². The van der Waals surface area contributed by atoms with Crippen molar-refractivity contribution in [2.45, 2.75) is 25.4 Å². The van der Waals surface area contributed by atoms with E-state index in [9.17, 15) is 0 Å². The first kappa shape index (κ1) is 25.0. The number of benzene rings is 3. The Morgan fingerprint density at radius 2 is 1.90 bits per heavy atom. The van der Waals surface area contributed by atoms with Gasteiger partial charge in [0.2, 0.25) is 0 Å². The van der Waals surface area contributed by atoms with Gasteiger partial charge in [-0.05, 0) is 84.5 Å². The number of fused-ring (bicyclic) bond motifs is 1. The van der Waals surface area contributed by atoms with E-state index in [1.54, 1.807) is 7.11 Å². The number of allylic oxidation sites excluding steroid dienone is 1. The SMILES string of the molecule is COc1cc(OCC2CCCO2)ccc1/C=C/c1cc(/C=C/c2ccc3c(c2)CC=C3)n(-c2ccccc2)n1. The molecule has 0 spiro atoms. The van der Waals surface area contributed by atoms with Crippen molar-refractivity contribution in [3.63, 3.8) is 0 Å². The van der Waals surface area contributed by atoms with E-state index in [4.69, 9.17) is 19.3 Å². The van der Waals surface area contributed by atoms with Crippen LogP contribution in [0.4, 0.5) is 0 Å². The Labute approximate surface area is 229 Å². The minimum absolute atomic E-state index is 0.179. The fraction of sp³-hybridized carbons (Fsp3) is 0.206. The maximum absolute atomic E-state index is 5.95. The van der Waals surface area contributed by atoms with Crippen molar-refractivity contribution >= 4 is 30.4 Å². The van der Waals surface area contributed by atoms with Gasteiger partial charge in [-0.2, -0.15) is 5.10 Å². The Balaban J connectivity index is 1.23. The Kier molecular flexibility index (Phi) is 7.41. The first-order valence-corrected chi connectivity index (χ1v) is 13.5. The fourth-order valence-corrected chi connectivity index (χ4v) is 5.01. The minimum Gasteiger partial charge on any atom is -0.496 e. The van der Waals surface area contributed by atoms with Crippen molar-refractivity contribution in [3.8, 4) is 17.2 Å². The molecule has 5 heteroatoms. The van der Waals surface area contributed by atoms with Gasteiger partial charge in [-0.1, -0.05) is 54.6 Å². The lowest BCUT2D eigenvalue weighted by Crippen LogP contribution is -2.16. The topological polar surface area (TPSA) is 45.5 Å². The molecule has 1 fully saturated rings. The lowest BCUT2D eigenvalue weighted by molar-refractivity contribution is 0.0679. The number of para-hydroxylation sites is 1. The van der Waals surface area contributed by atoms with Crippen molar-refractivity contribution in [1.29, 1.82) is 0 Å². The Hall–Kier alpha value is -4.35. The van der Waals surface area contributed by atoms with E-state index in [2.05, 4.69) is 60.7 Å². The molecule has 0 N–H and O–H groups in total. The summed E-state index contributed by atoms with van der Waals surface area (Å²) < 4.78 is 19.2. The molecule has 1 aliphatic carbocycles. The molecule has 2 heterocycles. The predicted molar refractivity (Wildman–Crippen MR) is 158 cm³/mol. The second-order valence-electron chi connectivity index (χ2n) is 9.82. The first-order chi connectivity index (χ1) is 19.2. The summed E-state index contributed by atoms with van der Waals surface area (Å²) in [7, 11) is 1.68. The van der Waals surface area contributed by atoms with Crippen LogP contribution in [-0.4, -0.2) is 36.2 Å². The van der Waals surface area contributed by atoms with Crippen LogP contribution in [0.5, 0.6) is 11.5 Å². The third-order valence-electron chi connectivity index (χ3n) is 7.10. The van der Waals surface area contributed by atoms with Crippen LogP contribution in [0.1, 0.15) is 46.5 Å². The van der Waals surface area contributed by atoms with Gasteiger partial charge in [0, 0.05) is 18.2 Å². The maximum atomic E-state index is 5.95. The lowest BCUT2D eigenvalue weighted by atomic mass is 10.1. The largest absolute Gasteiger partial charge is 0.496 e. The van der Waals surface area contributed by atoms with E-state index in [1.165, 1.54) is 16.7 Å². The summed E-state index contributed by atoms with van der Waals surface area (Å²) in [6.45, 7) is 1.39. The molecule has 5 nitrogen and oxygen atoms in total. The van der Waals surface area contributed by atoms with Crippen molar-refractivity contribution in [2.24, 2.45) is 0 Å². The summed E-state index contributed by atoms with van der Waals surface area (Å²) in [4.78, 5) is 0. The highest BCUT2D eigenvalue weighted by atomic mass is 16.5. The smallest absolute Gasteiger partial charge is 0.129 e. The van der Waals surface area contributed by atoms with E-state index in [0.717, 1.165) is 60.0 Å². The van der Waals surface area contributed by atoms with Crippen LogP contribution >= 0.6 is 0 Å². The quantitative estimate of drug-likeness (QED) is 0.233. The molecule has 2 aliphatic rings. The summed E-state index contributed by atoms with van der Waals surface area (Å²) in [5.74, 6) is 1.53. The second kappa shape index (κ2) is 11.6. The van der Waals surface area contributed by atoms with Gasteiger partial charge in [-0.15, -0.1) is 0 Å². The minimum atomic E-state index is 0.179. The normalized spacial score (nSPS) is 16.4. The van der Waals surface area contributed by atoms with Gasteiger partial charge < -0.3 is 14.2 Å². The fourth-order valence-electron chi connectivity index (χ4n) is 5.01. The van der Waals surface area contributed by atoms with E-state index >= 15 is 0 Å². The van der Waals surface area contributed by atoms with E-state index < -0.39 is 0 Å². The monoisotopic (exact) mass is 516 g/mol. The van der Waals surface area contributed by atoms with E-state index in [-0.39, 0.29) is 6.10 Å². The molecular formula is C34H32N2O3. The molecule has 1 saturated heterocycles. The number of rotatable bonds is 9. The molecule has 0 radical (unpaired) electrons. The summed E-state index contributed by atoms with van der Waals surface area (Å²) in [6, 6.07) is 24.8. The number of hydrogen-bond acceptors (Lipinski definition) is 4. The predicted octanol–water partition coefficient (Wildman–Crippen LogP) is 7.35. The highest BCUT2D eigenvalue weighted by molar-refractivity contribution is 5.75. The number of nitrogens with zero attached hydrogens (tertiary/aromatic N) is 2. The Morgan fingerprint density at radius 1 is 0.974 bits per heavy atom. The van der Waals surface area contributed by atoms with Gasteiger partial charge in [0.15, 0.2) is 0 Å². The standard InChI is InChI=1S/C34H32N2O3/c1-37-34-23-32(39-24-33-11-6-20-38-33)19-16-27(34)15-17-29-22-31(36(35-29)30-9-3-2-4-10-30)18-13-25-12-14-26-7-5-8-28(26)21-25/h2-5,7,9-10,12-19,21-23,33H,6,8,11,20,24H2,1H3/b17-15+,18-13+. The molecule has 1 aliphatic heterocycles. The zero-order chi connectivity index (χ0) is 26.4. The van der Waals surface area contributed by atoms with Crippen LogP contribution < -0.4 is 9.47 Å². The molecule has 1 atom stereocenters. The third-order valence-corrected chi connectivity index (χ3v) is 7.10. The summed E-state index contributed by atoms with van der Waals surface area (Å²) in [5.41, 5.74) is 7.70. The number of ether oxygens (including phenoxy) is 3. The van der Waals surface area contributed by atoms with Crippen LogP contribution in [0.25, 0.3) is 36.1 Å². The molecular weight excluding hydrogens is 484 g/mol. The summed E-state index contributed by atoms with van der Waals surface area (Å²) >= 11 is 0. The molecule has 1 unspecified atom stereocenters. The highest BCUT2D eigenvalue weighted by Gasteiger charge is 2.16. The molecule has 196 valence electrons. The number of aromatic nitrogens is 2. The highest BCUT2D eigenvalue weighted by Crippen LogP contribution is 2.28. The molecule has 0 bridgehead atoms. The lowest BCUT2D eigenvalue weighted by Gasteiger charge is -2.13. The molecule has 1 aromatic heterocycles. The first-order valence-electron chi connectivity index (χ1n) is 13.5. The molecule has 3 aromatic carbocycles. The van der Waals surface area contributed by atoms with Gasteiger partial charge in [-0.3, -0.25) is 0 Å². The van der Waals surface area contributed by atoms with Crippen molar-refractivity contribution < 1.29 is 14.2 Å². The van der Waals surface area contributed by atoms with E-state index in [1.807, 2.05) is 53.2 Å². The van der Waals surface area contributed by atoms with Crippen molar-refractivity contribution in [3.05, 3.63) is 113 Å². The third kappa shape index (κ3) is 5.89. The van der Waals surface area contributed by atoms with Crippen LogP contribution in [0.15, 0.2) is 78.9 Å². The van der Waals surface area contributed by atoms with Crippen LogP contribution in [0.2, 0.25) is 0 Å². The van der Waals surface area contributed by atoms with Gasteiger partial charge in [0.25, 0.3) is 0 Å². The Morgan fingerprint density at radius 3 is 2.74 bits per heavy atom. The van der Waals surface area contributed by atoms with Gasteiger partial charge in [0.05, 0.1) is 30.3 Å². The Bertz CT molecular complexity index is 1530. The maximum Gasteiger partial charge on any atom is 0.129 e.